The van der Waals surface area contributed by atoms with Crippen molar-refractivity contribution in [1.82, 2.24) is 19.6 Å². The molecule has 0 fully saturated rings. The van der Waals surface area contributed by atoms with Gasteiger partial charge >= 0.3 is 0 Å². The molecule has 17 heavy (non-hydrogen) atoms. The first-order chi connectivity index (χ1) is 8.27. The molecule has 0 aromatic carbocycles. The van der Waals surface area contributed by atoms with Crippen molar-refractivity contribution in [2.45, 2.75) is 0 Å². The zero-order valence-electron chi connectivity index (χ0n) is 8.71. The molecule has 6 nitrogen and oxygen atoms in total. The number of rotatable bonds is 2. The Balaban J connectivity index is 2.42. The lowest BCUT2D eigenvalue weighted by molar-refractivity contribution is 0.100. The normalized spacial score (nSPS) is 10.8. The summed E-state index contributed by atoms with van der Waals surface area (Å²) in [6, 6.07) is 3.47. The number of hydrogen-bond acceptors (Lipinski definition) is 3. The molecule has 1 radical (unpaired) electrons. The molecule has 3 heterocycles. The molecule has 83 valence electrons. The smallest absolute Gasteiger partial charge is 0.249 e. The van der Waals surface area contributed by atoms with Gasteiger partial charge in [-0.1, -0.05) is 0 Å². The minimum Gasteiger partial charge on any atom is -0.367 e. The molecular formula is C11H8N5O. The van der Waals surface area contributed by atoms with Crippen LogP contribution < -0.4 is 5.73 Å². The van der Waals surface area contributed by atoms with Crippen LogP contribution in [0.2, 0.25) is 0 Å². The number of H-pyrrole nitrogens is 1. The molecule has 0 bridgehead atoms. The largest absolute Gasteiger partial charge is 0.367 e. The fraction of sp³-hybridized carbons (Fsp3) is 0. The Labute approximate surface area is 96.1 Å². The van der Waals surface area contributed by atoms with Crippen LogP contribution in [0.3, 0.4) is 0 Å². The van der Waals surface area contributed by atoms with Gasteiger partial charge in [0, 0.05) is 29.7 Å². The van der Waals surface area contributed by atoms with Crippen molar-refractivity contribution in [1.29, 1.82) is 0 Å². The standard InChI is InChI=1S/C11H8N5O/c12-10(17)8-2-4-16-11(14-6-15-16)9(8)7-1-3-13-5-7/h1-5,13H,(H2,12,17). The summed E-state index contributed by atoms with van der Waals surface area (Å²) in [4.78, 5) is 18.4. The van der Waals surface area contributed by atoms with Crippen molar-refractivity contribution >= 4 is 11.6 Å². The molecule has 0 spiro atoms. The lowest BCUT2D eigenvalue weighted by Crippen LogP contribution is -2.13. The molecular weight excluding hydrogens is 218 g/mol. The lowest BCUT2D eigenvalue weighted by Gasteiger charge is -2.05. The predicted molar refractivity (Wildman–Crippen MR) is 60.1 cm³/mol. The maximum absolute atomic E-state index is 11.4. The second-order valence-corrected chi connectivity index (χ2v) is 3.55. The van der Waals surface area contributed by atoms with Gasteiger partial charge in [-0.3, -0.25) is 4.79 Å². The highest BCUT2D eigenvalue weighted by atomic mass is 16.1. The van der Waals surface area contributed by atoms with Crippen molar-refractivity contribution in [3.05, 3.63) is 42.6 Å². The first kappa shape index (κ1) is 9.59. The fourth-order valence-corrected chi connectivity index (χ4v) is 1.81. The van der Waals surface area contributed by atoms with E-state index >= 15 is 0 Å². The van der Waals surface area contributed by atoms with Crippen molar-refractivity contribution in [2.75, 3.05) is 0 Å². The van der Waals surface area contributed by atoms with Crippen LogP contribution >= 0.6 is 0 Å². The second-order valence-electron chi connectivity index (χ2n) is 3.55. The van der Waals surface area contributed by atoms with Crippen molar-refractivity contribution in [2.24, 2.45) is 5.73 Å². The first-order valence-electron chi connectivity index (χ1n) is 4.96. The number of nitrogens with one attached hydrogen (secondary N) is 1. The van der Waals surface area contributed by atoms with E-state index in [1.165, 1.54) is 0 Å². The van der Waals surface area contributed by atoms with Gasteiger partial charge in [0.15, 0.2) is 5.65 Å². The number of pyridine rings is 1. The summed E-state index contributed by atoms with van der Waals surface area (Å²) >= 11 is 0. The zero-order valence-corrected chi connectivity index (χ0v) is 8.71. The fourth-order valence-electron chi connectivity index (χ4n) is 1.81. The quantitative estimate of drug-likeness (QED) is 0.671. The van der Waals surface area contributed by atoms with Crippen LogP contribution in [0.1, 0.15) is 10.4 Å². The van der Waals surface area contributed by atoms with Gasteiger partial charge in [0.2, 0.25) is 12.2 Å². The van der Waals surface area contributed by atoms with Crippen LogP contribution in [0, 0.1) is 6.33 Å². The summed E-state index contributed by atoms with van der Waals surface area (Å²) in [7, 11) is 0. The topological polar surface area (TPSA) is 89.1 Å². The molecule has 3 rings (SSSR count). The molecule has 6 heteroatoms. The van der Waals surface area contributed by atoms with Crippen LogP contribution in [0.4, 0.5) is 0 Å². The average Bonchev–Trinajstić information content (AvgIpc) is 2.98. The molecule has 0 unspecified atom stereocenters. The SMILES string of the molecule is NC(=O)c1ccn2n[c]nc2c1-c1cc[nH]c1. The van der Waals surface area contributed by atoms with E-state index in [-0.39, 0.29) is 0 Å². The summed E-state index contributed by atoms with van der Waals surface area (Å²) in [6.45, 7) is 0. The number of hydrogen-bond donors (Lipinski definition) is 2. The average molecular weight is 226 g/mol. The summed E-state index contributed by atoms with van der Waals surface area (Å²) < 4.78 is 1.55. The minimum atomic E-state index is -0.494. The van der Waals surface area contributed by atoms with Crippen molar-refractivity contribution in [3.8, 4) is 11.1 Å². The molecule has 3 N–H and O–H groups in total. The summed E-state index contributed by atoms with van der Waals surface area (Å²) in [6.07, 6.45) is 7.68. The maximum Gasteiger partial charge on any atom is 0.249 e. The summed E-state index contributed by atoms with van der Waals surface area (Å²) in [5.74, 6) is -0.494. The summed E-state index contributed by atoms with van der Waals surface area (Å²) in [5, 5.41) is 3.91. The Bertz CT molecular complexity index is 683. The van der Waals surface area contributed by atoms with E-state index < -0.39 is 5.91 Å². The van der Waals surface area contributed by atoms with E-state index in [2.05, 4.69) is 21.4 Å². The predicted octanol–water partition coefficient (Wildman–Crippen LogP) is 0.623. The van der Waals surface area contributed by atoms with Gasteiger partial charge in [-0.25, -0.2) is 9.50 Å². The number of aromatic amines is 1. The Kier molecular flexibility index (Phi) is 1.94. The van der Waals surface area contributed by atoms with Gasteiger partial charge < -0.3 is 10.7 Å². The van der Waals surface area contributed by atoms with E-state index in [0.717, 1.165) is 5.56 Å². The number of nitrogens with zero attached hydrogens (tertiary/aromatic N) is 3. The van der Waals surface area contributed by atoms with E-state index in [1.54, 1.807) is 29.2 Å². The third-order valence-electron chi connectivity index (χ3n) is 2.55. The third-order valence-corrected chi connectivity index (χ3v) is 2.55. The highest BCUT2D eigenvalue weighted by molar-refractivity contribution is 6.03. The van der Waals surface area contributed by atoms with Crippen molar-refractivity contribution in [3.63, 3.8) is 0 Å². The number of carbonyl (C=O) groups is 1. The number of fused-ring (bicyclic) bond motifs is 1. The van der Waals surface area contributed by atoms with Gasteiger partial charge in [-0.05, 0) is 12.1 Å². The highest BCUT2D eigenvalue weighted by Gasteiger charge is 2.15. The second kappa shape index (κ2) is 3.44. The Morgan fingerprint density at radius 1 is 1.47 bits per heavy atom. The van der Waals surface area contributed by atoms with Crippen molar-refractivity contribution < 1.29 is 4.79 Å². The number of nitrogens with two attached hydrogens (primary N) is 1. The van der Waals surface area contributed by atoms with E-state index in [1.807, 2.05) is 6.07 Å². The van der Waals surface area contributed by atoms with Gasteiger partial charge in [0.1, 0.15) is 0 Å². The molecule has 3 aromatic rings. The molecule has 3 aromatic heterocycles. The van der Waals surface area contributed by atoms with Crippen LogP contribution in [-0.4, -0.2) is 25.5 Å². The monoisotopic (exact) mass is 226 g/mol. The van der Waals surface area contributed by atoms with Crippen LogP contribution in [0.5, 0.6) is 0 Å². The van der Waals surface area contributed by atoms with Gasteiger partial charge in [-0.2, -0.15) is 0 Å². The number of carbonyl (C=O) groups excluding carboxylic acids is 1. The molecule has 0 aliphatic rings. The Hall–Kier alpha value is -2.63. The number of aromatic nitrogens is 4. The lowest BCUT2D eigenvalue weighted by atomic mass is 10.0. The third kappa shape index (κ3) is 1.38. The van der Waals surface area contributed by atoms with Gasteiger partial charge in [-0.15, -0.1) is 5.10 Å². The maximum atomic E-state index is 11.4. The molecule has 0 atom stereocenters. The molecule has 0 saturated heterocycles. The van der Waals surface area contributed by atoms with Crippen LogP contribution in [0.25, 0.3) is 16.8 Å². The van der Waals surface area contributed by atoms with Crippen LogP contribution in [-0.2, 0) is 0 Å². The zero-order chi connectivity index (χ0) is 11.8. The van der Waals surface area contributed by atoms with E-state index in [0.29, 0.717) is 16.8 Å². The number of primary amides is 1. The minimum absolute atomic E-state index is 0.415. The van der Waals surface area contributed by atoms with Gasteiger partial charge in [0.05, 0.1) is 5.56 Å². The molecule has 0 aliphatic heterocycles. The van der Waals surface area contributed by atoms with Crippen LogP contribution in [0.15, 0.2) is 30.7 Å². The number of amides is 1. The Morgan fingerprint density at radius 2 is 2.35 bits per heavy atom. The Morgan fingerprint density at radius 3 is 3.06 bits per heavy atom. The molecule has 0 saturated carbocycles. The van der Waals surface area contributed by atoms with Gasteiger partial charge in [0.25, 0.3) is 0 Å². The summed E-state index contributed by atoms with van der Waals surface area (Å²) in [5.41, 5.74) is 7.84. The van der Waals surface area contributed by atoms with E-state index in [4.69, 9.17) is 5.73 Å². The highest BCUT2D eigenvalue weighted by Crippen LogP contribution is 2.26. The molecule has 0 aliphatic carbocycles. The first-order valence-corrected chi connectivity index (χ1v) is 4.96. The molecule has 1 amide bonds. The van der Waals surface area contributed by atoms with E-state index in [9.17, 15) is 4.79 Å².